The fourth-order valence-corrected chi connectivity index (χ4v) is 2.30. The highest BCUT2D eigenvalue weighted by atomic mass is 32.1. The van der Waals surface area contributed by atoms with E-state index in [9.17, 15) is 22.0 Å². The van der Waals surface area contributed by atoms with E-state index in [4.69, 9.17) is 0 Å². The predicted molar refractivity (Wildman–Crippen MR) is 54.3 cm³/mol. The van der Waals surface area contributed by atoms with Gasteiger partial charge in [0.2, 0.25) is 5.82 Å². The molecular weight excluding hydrogens is 259 g/mol. The number of halogens is 5. The molecule has 6 heteroatoms. The van der Waals surface area contributed by atoms with Gasteiger partial charge >= 0.3 is 0 Å². The molecular formula is C11H5F5S. The molecule has 0 bridgehead atoms. The zero-order valence-electron chi connectivity index (χ0n) is 8.45. The maximum atomic E-state index is 13.4. The van der Waals surface area contributed by atoms with Crippen molar-refractivity contribution in [2.45, 2.75) is 6.92 Å². The zero-order chi connectivity index (χ0) is 12.7. The summed E-state index contributed by atoms with van der Waals surface area (Å²) in [5.74, 6) is -9.60. The highest BCUT2D eigenvalue weighted by Crippen LogP contribution is 2.34. The lowest BCUT2D eigenvalue weighted by molar-refractivity contribution is 0.381. The summed E-state index contributed by atoms with van der Waals surface area (Å²) in [6.45, 7) is 1.53. The third kappa shape index (κ3) is 1.72. The fraction of sp³-hybridized carbons (Fsp3) is 0.0909. The average molecular weight is 264 g/mol. The van der Waals surface area contributed by atoms with E-state index < -0.39 is 34.6 Å². The van der Waals surface area contributed by atoms with Crippen molar-refractivity contribution >= 4 is 11.3 Å². The number of thiophene rings is 1. The first kappa shape index (κ1) is 12.0. The zero-order valence-corrected chi connectivity index (χ0v) is 9.27. The third-order valence-corrected chi connectivity index (χ3v) is 3.20. The molecule has 0 unspecified atom stereocenters. The smallest absolute Gasteiger partial charge is 0.200 e. The van der Waals surface area contributed by atoms with E-state index >= 15 is 0 Å². The van der Waals surface area contributed by atoms with Crippen LogP contribution < -0.4 is 0 Å². The summed E-state index contributed by atoms with van der Waals surface area (Å²) in [7, 11) is 0. The van der Waals surface area contributed by atoms with Gasteiger partial charge in [-0.25, -0.2) is 22.0 Å². The normalized spacial score (nSPS) is 10.9. The third-order valence-electron chi connectivity index (χ3n) is 2.33. The van der Waals surface area contributed by atoms with Gasteiger partial charge in [0.05, 0.1) is 5.56 Å². The Kier molecular flexibility index (Phi) is 2.91. The predicted octanol–water partition coefficient (Wildman–Crippen LogP) is 4.42. The molecule has 90 valence electrons. The molecule has 0 spiro atoms. The van der Waals surface area contributed by atoms with E-state index in [2.05, 4.69) is 0 Å². The Morgan fingerprint density at radius 2 is 1.24 bits per heavy atom. The van der Waals surface area contributed by atoms with Gasteiger partial charge in [-0.15, -0.1) is 0 Å². The van der Waals surface area contributed by atoms with Gasteiger partial charge < -0.3 is 0 Å². The number of aryl methyl sites for hydroxylation is 1. The van der Waals surface area contributed by atoms with Crippen LogP contribution in [-0.4, -0.2) is 0 Å². The van der Waals surface area contributed by atoms with E-state index in [1.807, 2.05) is 0 Å². The van der Waals surface area contributed by atoms with Crippen molar-refractivity contribution in [3.05, 3.63) is 45.4 Å². The second-order valence-electron chi connectivity index (χ2n) is 3.41. The highest BCUT2D eigenvalue weighted by Gasteiger charge is 2.27. The van der Waals surface area contributed by atoms with Crippen molar-refractivity contribution < 1.29 is 22.0 Å². The van der Waals surface area contributed by atoms with Crippen LogP contribution in [0.5, 0.6) is 0 Å². The molecule has 0 saturated carbocycles. The Bertz CT molecular complexity index is 559. The van der Waals surface area contributed by atoms with E-state index in [0.29, 0.717) is 5.56 Å². The van der Waals surface area contributed by atoms with Crippen LogP contribution >= 0.6 is 11.3 Å². The van der Waals surface area contributed by atoms with Crippen molar-refractivity contribution in [2.75, 3.05) is 0 Å². The SMILES string of the molecule is Cc1cscc1-c1c(F)c(F)c(F)c(F)c1F. The summed E-state index contributed by atoms with van der Waals surface area (Å²) in [5.41, 5.74) is -0.402. The Morgan fingerprint density at radius 3 is 1.65 bits per heavy atom. The van der Waals surface area contributed by atoms with E-state index in [-0.39, 0.29) is 5.56 Å². The van der Waals surface area contributed by atoms with Gasteiger partial charge in [-0.2, -0.15) is 11.3 Å². The van der Waals surface area contributed by atoms with Crippen molar-refractivity contribution in [1.29, 1.82) is 0 Å². The van der Waals surface area contributed by atoms with Gasteiger partial charge in [0.15, 0.2) is 23.3 Å². The lowest BCUT2D eigenvalue weighted by Gasteiger charge is -2.07. The van der Waals surface area contributed by atoms with Crippen LogP contribution in [-0.2, 0) is 0 Å². The molecule has 0 radical (unpaired) electrons. The van der Waals surface area contributed by atoms with Crippen LogP contribution in [0.1, 0.15) is 5.56 Å². The van der Waals surface area contributed by atoms with Crippen LogP contribution in [0.3, 0.4) is 0 Å². The average Bonchev–Trinajstić information content (AvgIpc) is 2.71. The Morgan fingerprint density at radius 1 is 0.765 bits per heavy atom. The summed E-state index contributed by atoms with van der Waals surface area (Å²) in [5, 5.41) is 2.90. The molecule has 17 heavy (non-hydrogen) atoms. The quantitative estimate of drug-likeness (QED) is 0.406. The minimum atomic E-state index is -2.14. The van der Waals surface area contributed by atoms with Crippen LogP contribution in [0.2, 0.25) is 0 Å². The molecule has 0 aliphatic rings. The molecule has 1 aromatic carbocycles. The molecule has 0 fully saturated rings. The molecule has 0 amide bonds. The van der Waals surface area contributed by atoms with Gasteiger partial charge in [0.25, 0.3) is 0 Å². The Labute approximate surface area is 97.3 Å². The fourth-order valence-electron chi connectivity index (χ4n) is 1.46. The molecule has 1 aromatic heterocycles. The lowest BCUT2D eigenvalue weighted by Crippen LogP contribution is -2.04. The summed E-state index contributed by atoms with van der Waals surface area (Å²) >= 11 is 1.12. The number of benzene rings is 1. The molecule has 0 N–H and O–H groups in total. The monoisotopic (exact) mass is 264 g/mol. The molecule has 0 aliphatic heterocycles. The van der Waals surface area contributed by atoms with Crippen molar-refractivity contribution in [1.82, 2.24) is 0 Å². The van der Waals surface area contributed by atoms with E-state index in [1.54, 1.807) is 5.38 Å². The molecule has 0 saturated heterocycles. The first-order chi connectivity index (χ1) is 7.95. The van der Waals surface area contributed by atoms with E-state index in [1.165, 1.54) is 12.3 Å². The summed E-state index contributed by atoms with van der Waals surface area (Å²) < 4.78 is 65.6. The van der Waals surface area contributed by atoms with Crippen LogP contribution in [0.25, 0.3) is 11.1 Å². The Hall–Kier alpha value is -1.43. The second kappa shape index (κ2) is 4.10. The standard InChI is InChI=1S/C11H5F5S/c1-4-2-17-3-5(4)6-7(12)9(14)11(16)10(15)8(6)13/h2-3H,1H3. The van der Waals surface area contributed by atoms with Crippen molar-refractivity contribution in [2.24, 2.45) is 0 Å². The van der Waals surface area contributed by atoms with Crippen LogP contribution in [0, 0.1) is 36.0 Å². The maximum Gasteiger partial charge on any atom is 0.200 e. The van der Waals surface area contributed by atoms with Crippen molar-refractivity contribution in [3.8, 4) is 11.1 Å². The van der Waals surface area contributed by atoms with Crippen LogP contribution in [0.15, 0.2) is 10.8 Å². The van der Waals surface area contributed by atoms with Gasteiger partial charge in [0, 0.05) is 5.56 Å². The molecule has 2 aromatic rings. The topological polar surface area (TPSA) is 0 Å². The Balaban J connectivity index is 2.84. The van der Waals surface area contributed by atoms with Gasteiger partial charge in [-0.1, -0.05) is 0 Å². The second-order valence-corrected chi connectivity index (χ2v) is 4.16. The summed E-state index contributed by atoms with van der Waals surface area (Å²) in [6, 6.07) is 0. The summed E-state index contributed by atoms with van der Waals surface area (Å²) in [4.78, 5) is 0. The molecule has 0 nitrogen and oxygen atoms in total. The first-order valence-corrected chi connectivity index (χ1v) is 5.44. The number of rotatable bonds is 1. The molecule has 0 atom stereocenters. The summed E-state index contributed by atoms with van der Waals surface area (Å²) in [6.07, 6.45) is 0. The van der Waals surface area contributed by atoms with Crippen molar-refractivity contribution in [3.63, 3.8) is 0 Å². The maximum absolute atomic E-state index is 13.4. The molecule has 0 aliphatic carbocycles. The first-order valence-electron chi connectivity index (χ1n) is 4.49. The molecule has 1 heterocycles. The minimum absolute atomic E-state index is 0.0165. The van der Waals surface area contributed by atoms with Crippen LogP contribution in [0.4, 0.5) is 22.0 Å². The largest absolute Gasteiger partial charge is 0.203 e. The minimum Gasteiger partial charge on any atom is -0.203 e. The number of hydrogen-bond acceptors (Lipinski definition) is 1. The van der Waals surface area contributed by atoms with Gasteiger partial charge in [0.1, 0.15) is 0 Å². The lowest BCUT2D eigenvalue weighted by atomic mass is 10.0. The van der Waals surface area contributed by atoms with E-state index in [0.717, 1.165) is 11.3 Å². The number of hydrogen-bond donors (Lipinski definition) is 0. The highest BCUT2D eigenvalue weighted by molar-refractivity contribution is 7.08. The van der Waals surface area contributed by atoms with Gasteiger partial charge in [-0.3, -0.25) is 0 Å². The molecule has 2 rings (SSSR count). The van der Waals surface area contributed by atoms with Gasteiger partial charge in [-0.05, 0) is 23.2 Å².